The molecule has 2 heteroatoms. The van der Waals surface area contributed by atoms with Gasteiger partial charge >= 0.3 is 0 Å². The first kappa shape index (κ1) is 8.37. The standard InChI is InChI=1S/C7H10OS/c1-3-7(8)5-4-6(2)9/h3-5,8-9H,2H2,1H3/b5-4-,7-3+. The van der Waals surface area contributed by atoms with Gasteiger partial charge in [0, 0.05) is 0 Å². The second-order valence-electron chi connectivity index (χ2n) is 1.54. The van der Waals surface area contributed by atoms with Crippen LogP contribution in [0.3, 0.4) is 0 Å². The first-order chi connectivity index (χ1) is 4.16. The molecule has 0 atom stereocenters. The van der Waals surface area contributed by atoms with Gasteiger partial charge in [-0.25, -0.2) is 0 Å². The van der Waals surface area contributed by atoms with Gasteiger partial charge in [-0.2, -0.15) is 0 Å². The number of hydrogen-bond donors (Lipinski definition) is 2. The Labute approximate surface area is 60.8 Å². The van der Waals surface area contributed by atoms with Gasteiger partial charge in [0.1, 0.15) is 5.76 Å². The molecule has 0 aromatic carbocycles. The number of thiol groups is 1. The maximum Gasteiger partial charge on any atom is 0.111 e. The zero-order chi connectivity index (χ0) is 7.28. The summed E-state index contributed by atoms with van der Waals surface area (Å²) in [5, 5.41) is 8.81. The molecule has 0 heterocycles. The van der Waals surface area contributed by atoms with E-state index in [1.165, 1.54) is 6.08 Å². The molecule has 9 heavy (non-hydrogen) atoms. The highest BCUT2D eigenvalue weighted by Gasteiger charge is 1.78. The minimum atomic E-state index is 0.227. The normalized spacial score (nSPS) is 12.4. The summed E-state index contributed by atoms with van der Waals surface area (Å²) < 4.78 is 0. The molecule has 0 unspecified atom stereocenters. The molecule has 0 aliphatic rings. The molecule has 0 radical (unpaired) electrons. The van der Waals surface area contributed by atoms with Crippen LogP contribution in [0.25, 0.3) is 0 Å². The summed E-state index contributed by atoms with van der Waals surface area (Å²) in [7, 11) is 0. The third kappa shape index (κ3) is 5.24. The first-order valence-corrected chi connectivity index (χ1v) is 3.02. The van der Waals surface area contributed by atoms with E-state index < -0.39 is 0 Å². The van der Waals surface area contributed by atoms with Gasteiger partial charge in [-0.1, -0.05) is 6.58 Å². The van der Waals surface area contributed by atoms with Gasteiger partial charge in [0.05, 0.1) is 0 Å². The van der Waals surface area contributed by atoms with Crippen molar-refractivity contribution in [3.63, 3.8) is 0 Å². The Balaban J connectivity index is 3.86. The largest absolute Gasteiger partial charge is 0.508 e. The Morgan fingerprint density at radius 1 is 1.56 bits per heavy atom. The summed E-state index contributed by atoms with van der Waals surface area (Å²) in [6.07, 6.45) is 4.75. The predicted molar refractivity (Wildman–Crippen MR) is 43.7 cm³/mol. The molecular formula is C7H10OS. The number of aliphatic hydroxyl groups is 1. The smallest absolute Gasteiger partial charge is 0.111 e. The Kier molecular flexibility index (Phi) is 3.97. The summed E-state index contributed by atoms with van der Waals surface area (Å²) in [5.41, 5.74) is 0. The van der Waals surface area contributed by atoms with E-state index in [4.69, 9.17) is 5.11 Å². The van der Waals surface area contributed by atoms with Crippen LogP contribution in [0.15, 0.2) is 35.5 Å². The highest BCUT2D eigenvalue weighted by Crippen LogP contribution is 1.99. The van der Waals surface area contributed by atoms with Gasteiger partial charge in [0.2, 0.25) is 0 Å². The van der Waals surface area contributed by atoms with E-state index in [1.54, 1.807) is 19.1 Å². The van der Waals surface area contributed by atoms with E-state index in [-0.39, 0.29) is 5.76 Å². The molecule has 0 rings (SSSR count). The van der Waals surface area contributed by atoms with Gasteiger partial charge < -0.3 is 5.11 Å². The van der Waals surface area contributed by atoms with Gasteiger partial charge in [-0.3, -0.25) is 0 Å². The van der Waals surface area contributed by atoms with Crippen LogP contribution in [-0.2, 0) is 0 Å². The van der Waals surface area contributed by atoms with E-state index in [0.29, 0.717) is 4.91 Å². The van der Waals surface area contributed by atoms with Crippen LogP contribution >= 0.6 is 12.6 Å². The number of rotatable bonds is 2. The fourth-order valence-corrected chi connectivity index (χ4v) is 0.352. The lowest BCUT2D eigenvalue weighted by atomic mass is 10.4. The molecule has 0 amide bonds. The lowest BCUT2D eigenvalue weighted by molar-refractivity contribution is 0.431. The molecule has 0 saturated carbocycles. The van der Waals surface area contributed by atoms with Gasteiger partial charge in [0.25, 0.3) is 0 Å². The van der Waals surface area contributed by atoms with Crippen LogP contribution in [-0.4, -0.2) is 5.11 Å². The molecule has 0 fully saturated rings. The Morgan fingerprint density at radius 3 is 2.44 bits per heavy atom. The van der Waals surface area contributed by atoms with Crippen LogP contribution in [0.2, 0.25) is 0 Å². The van der Waals surface area contributed by atoms with E-state index in [2.05, 4.69) is 19.2 Å². The van der Waals surface area contributed by atoms with Crippen molar-refractivity contribution in [2.45, 2.75) is 6.92 Å². The second-order valence-corrected chi connectivity index (χ2v) is 2.11. The monoisotopic (exact) mass is 142 g/mol. The molecule has 0 spiro atoms. The molecule has 0 aromatic heterocycles. The summed E-state index contributed by atoms with van der Waals surface area (Å²) in [6.45, 7) is 5.25. The fourth-order valence-electron chi connectivity index (χ4n) is 0.278. The third-order valence-corrected chi connectivity index (χ3v) is 0.891. The molecule has 0 aromatic rings. The Hall–Kier alpha value is -0.630. The molecule has 1 nitrogen and oxygen atoms in total. The SMILES string of the molecule is C=C(S)/C=C\C(O)=C/C. The van der Waals surface area contributed by atoms with E-state index in [9.17, 15) is 0 Å². The van der Waals surface area contributed by atoms with Crippen LogP contribution in [0, 0.1) is 0 Å². The maximum atomic E-state index is 8.81. The molecule has 0 aliphatic heterocycles. The second kappa shape index (κ2) is 4.27. The van der Waals surface area contributed by atoms with Crippen LogP contribution in [0.5, 0.6) is 0 Å². The fraction of sp³-hybridized carbons (Fsp3) is 0.143. The van der Waals surface area contributed by atoms with Crippen LogP contribution in [0.1, 0.15) is 6.92 Å². The molecule has 1 N–H and O–H groups in total. The molecule has 0 aliphatic carbocycles. The maximum absolute atomic E-state index is 8.81. The average Bonchev–Trinajstić information content (AvgIpc) is 1.83. The number of allylic oxidation sites excluding steroid dienone is 3. The lowest BCUT2D eigenvalue weighted by Crippen LogP contribution is -1.69. The summed E-state index contributed by atoms with van der Waals surface area (Å²) in [4.78, 5) is 0.628. The van der Waals surface area contributed by atoms with Crippen molar-refractivity contribution >= 4 is 12.6 Å². The van der Waals surface area contributed by atoms with Gasteiger partial charge in [-0.05, 0) is 30.1 Å². The van der Waals surface area contributed by atoms with Crippen molar-refractivity contribution in [2.75, 3.05) is 0 Å². The van der Waals surface area contributed by atoms with E-state index >= 15 is 0 Å². The molecular weight excluding hydrogens is 132 g/mol. The van der Waals surface area contributed by atoms with Crippen molar-refractivity contribution in [3.05, 3.63) is 35.5 Å². The zero-order valence-electron chi connectivity index (χ0n) is 5.33. The number of aliphatic hydroxyl groups excluding tert-OH is 1. The summed E-state index contributed by atoms with van der Waals surface area (Å²) >= 11 is 3.89. The summed E-state index contributed by atoms with van der Waals surface area (Å²) in [5.74, 6) is 0.227. The summed E-state index contributed by atoms with van der Waals surface area (Å²) in [6, 6.07) is 0. The van der Waals surface area contributed by atoms with Crippen molar-refractivity contribution in [2.24, 2.45) is 0 Å². The molecule has 50 valence electrons. The van der Waals surface area contributed by atoms with E-state index in [1.807, 2.05) is 0 Å². The number of hydrogen-bond acceptors (Lipinski definition) is 2. The Bertz CT molecular complexity index is 156. The van der Waals surface area contributed by atoms with Crippen molar-refractivity contribution in [3.8, 4) is 0 Å². The van der Waals surface area contributed by atoms with Crippen LogP contribution < -0.4 is 0 Å². The van der Waals surface area contributed by atoms with Crippen LogP contribution in [0.4, 0.5) is 0 Å². The quantitative estimate of drug-likeness (QED) is 0.345. The highest BCUT2D eigenvalue weighted by atomic mass is 32.1. The van der Waals surface area contributed by atoms with Crippen molar-refractivity contribution in [1.29, 1.82) is 0 Å². The zero-order valence-corrected chi connectivity index (χ0v) is 6.23. The third-order valence-electron chi connectivity index (χ3n) is 0.742. The van der Waals surface area contributed by atoms with Gasteiger partial charge in [0.15, 0.2) is 0 Å². The Morgan fingerprint density at radius 2 is 2.11 bits per heavy atom. The van der Waals surface area contributed by atoms with Gasteiger partial charge in [-0.15, -0.1) is 12.6 Å². The average molecular weight is 142 g/mol. The highest BCUT2D eigenvalue weighted by molar-refractivity contribution is 7.84. The predicted octanol–water partition coefficient (Wildman–Crippen LogP) is 2.45. The molecule has 0 bridgehead atoms. The first-order valence-electron chi connectivity index (χ1n) is 2.58. The minimum Gasteiger partial charge on any atom is -0.508 e. The topological polar surface area (TPSA) is 20.2 Å². The van der Waals surface area contributed by atoms with Crippen molar-refractivity contribution < 1.29 is 5.11 Å². The molecule has 0 saturated heterocycles. The minimum absolute atomic E-state index is 0.227. The van der Waals surface area contributed by atoms with E-state index in [0.717, 1.165) is 0 Å². The lowest BCUT2D eigenvalue weighted by Gasteiger charge is -1.85. The van der Waals surface area contributed by atoms with Crippen molar-refractivity contribution in [1.82, 2.24) is 0 Å².